The van der Waals surface area contributed by atoms with Gasteiger partial charge in [-0.05, 0) is 71.2 Å². The molecule has 0 unspecified atom stereocenters. The summed E-state index contributed by atoms with van der Waals surface area (Å²) in [5, 5.41) is -0.449. The summed E-state index contributed by atoms with van der Waals surface area (Å²) in [5.74, 6) is 0. The van der Waals surface area contributed by atoms with Crippen LogP contribution < -0.4 is 5.73 Å². The van der Waals surface area contributed by atoms with Gasteiger partial charge in [0.15, 0.2) is 0 Å². The molecule has 1 aromatic rings. The third-order valence-electron chi connectivity index (χ3n) is 3.28. The Hall–Kier alpha value is -0.580. The van der Waals surface area contributed by atoms with Gasteiger partial charge in [0, 0.05) is 16.6 Å². The molecule has 0 bridgehead atoms. The smallest absolute Gasteiger partial charge is 0.252 e. The molecule has 1 saturated heterocycles. The minimum absolute atomic E-state index is 0.449. The van der Waals surface area contributed by atoms with Crippen LogP contribution >= 0.6 is 27.5 Å². The Morgan fingerprint density at radius 1 is 1.33 bits per heavy atom. The molecule has 98 valence electrons. The molecular weight excluding hydrogens is 316 g/mol. The first-order valence-corrected chi connectivity index (χ1v) is 7.25. The lowest BCUT2D eigenvalue weighted by molar-refractivity contribution is 0.108. The largest absolute Gasteiger partial charge is 0.398 e. The Labute approximate surface area is 120 Å². The summed E-state index contributed by atoms with van der Waals surface area (Å²) in [6, 6.07) is 3.47. The zero-order chi connectivity index (χ0) is 13.1. The molecule has 1 aromatic carbocycles. The first kappa shape index (κ1) is 13.8. The van der Waals surface area contributed by atoms with Crippen molar-refractivity contribution in [2.75, 3.05) is 18.8 Å². The van der Waals surface area contributed by atoms with Crippen LogP contribution in [0.5, 0.6) is 0 Å². The van der Waals surface area contributed by atoms with E-state index in [9.17, 15) is 4.79 Å². The maximum atomic E-state index is 11.2. The number of rotatable bonds is 3. The van der Waals surface area contributed by atoms with Gasteiger partial charge in [0.25, 0.3) is 5.24 Å². The molecule has 1 aliphatic heterocycles. The zero-order valence-electron chi connectivity index (χ0n) is 10.1. The Bertz CT molecular complexity index is 459. The molecule has 18 heavy (non-hydrogen) atoms. The van der Waals surface area contributed by atoms with E-state index < -0.39 is 5.24 Å². The number of nitrogen functional groups attached to an aromatic ring is 1. The molecule has 2 rings (SSSR count). The van der Waals surface area contributed by atoms with Gasteiger partial charge in [-0.25, -0.2) is 0 Å². The Morgan fingerprint density at radius 2 is 2.00 bits per heavy atom. The van der Waals surface area contributed by atoms with Crippen LogP contribution in [0.15, 0.2) is 16.6 Å². The van der Waals surface area contributed by atoms with Crippen molar-refractivity contribution in [3.8, 4) is 0 Å². The summed E-state index contributed by atoms with van der Waals surface area (Å²) in [6.45, 7) is 2.97. The van der Waals surface area contributed by atoms with Crippen molar-refractivity contribution in [3.05, 3.63) is 27.7 Å². The van der Waals surface area contributed by atoms with Crippen molar-refractivity contribution in [1.29, 1.82) is 0 Å². The number of carbonyl (C=O) groups is 1. The average molecular weight is 332 g/mol. The van der Waals surface area contributed by atoms with Gasteiger partial charge < -0.3 is 5.73 Å². The number of nitrogens with zero attached hydrogens (tertiary/aromatic N) is 1. The van der Waals surface area contributed by atoms with Crippen LogP contribution in [0.2, 0.25) is 0 Å². The molecule has 0 radical (unpaired) electrons. The van der Waals surface area contributed by atoms with Crippen molar-refractivity contribution in [3.63, 3.8) is 0 Å². The summed E-state index contributed by atoms with van der Waals surface area (Å²) < 4.78 is 0.737. The highest BCUT2D eigenvalue weighted by Gasteiger charge is 2.15. The second-order valence-corrected chi connectivity index (χ2v) is 5.84. The molecule has 0 saturated carbocycles. The summed E-state index contributed by atoms with van der Waals surface area (Å²) in [7, 11) is 0. The fraction of sp³-hybridized carbons (Fsp3) is 0.462. The molecule has 0 aliphatic carbocycles. The molecule has 1 fully saturated rings. The summed E-state index contributed by atoms with van der Waals surface area (Å²) >= 11 is 8.90. The van der Waals surface area contributed by atoms with E-state index >= 15 is 0 Å². The molecule has 0 spiro atoms. The predicted molar refractivity (Wildman–Crippen MR) is 77.9 cm³/mol. The Balaban J connectivity index is 2.22. The fourth-order valence-electron chi connectivity index (χ4n) is 2.28. The van der Waals surface area contributed by atoms with Crippen LogP contribution in [0.1, 0.15) is 35.2 Å². The normalized spacial score (nSPS) is 16.8. The van der Waals surface area contributed by atoms with Crippen molar-refractivity contribution in [2.45, 2.75) is 25.8 Å². The van der Waals surface area contributed by atoms with Gasteiger partial charge in [-0.2, -0.15) is 0 Å². The van der Waals surface area contributed by atoms with Crippen molar-refractivity contribution in [2.24, 2.45) is 0 Å². The van der Waals surface area contributed by atoms with Crippen LogP contribution in [0.3, 0.4) is 0 Å². The van der Waals surface area contributed by atoms with Crippen LogP contribution in [0.4, 0.5) is 5.69 Å². The van der Waals surface area contributed by atoms with E-state index in [1.165, 1.54) is 19.3 Å². The number of hydrogen-bond donors (Lipinski definition) is 1. The number of anilines is 1. The number of hydrogen-bond acceptors (Lipinski definition) is 3. The highest BCUT2D eigenvalue weighted by Crippen LogP contribution is 2.28. The van der Waals surface area contributed by atoms with E-state index in [1.54, 1.807) is 12.1 Å². The maximum absolute atomic E-state index is 11.2. The number of piperidine rings is 1. The summed E-state index contributed by atoms with van der Waals surface area (Å²) in [6.07, 6.45) is 3.76. The topological polar surface area (TPSA) is 46.3 Å². The summed E-state index contributed by atoms with van der Waals surface area (Å²) in [5.41, 5.74) is 8.20. The third kappa shape index (κ3) is 3.25. The highest BCUT2D eigenvalue weighted by atomic mass is 79.9. The minimum Gasteiger partial charge on any atom is -0.398 e. The van der Waals surface area contributed by atoms with E-state index in [0.29, 0.717) is 11.3 Å². The van der Waals surface area contributed by atoms with E-state index in [0.717, 1.165) is 29.7 Å². The van der Waals surface area contributed by atoms with Gasteiger partial charge in [-0.1, -0.05) is 6.42 Å². The second kappa shape index (κ2) is 6.04. The van der Waals surface area contributed by atoms with E-state index in [4.69, 9.17) is 17.3 Å². The van der Waals surface area contributed by atoms with E-state index in [-0.39, 0.29) is 0 Å². The van der Waals surface area contributed by atoms with Crippen LogP contribution in [-0.4, -0.2) is 23.2 Å². The van der Waals surface area contributed by atoms with Crippen LogP contribution in [0.25, 0.3) is 0 Å². The lowest BCUT2D eigenvalue weighted by atomic mass is 10.1. The highest BCUT2D eigenvalue weighted by molar-refractivity contribution is 9.10. The minimum atomic E-state index is -0.449. The van der Waals surface area contributed by atoms with Crippen LogP contribution in [0, 0.1) is 0 Å². The zero-order valence-corrected chi connectivity index (χ0v) is 12.4. The standard InChI is InChI=1S/C13H16BrClN2O/c14-11-7-9(13(15)18)6-10(12(11)16)8-17-4-2-1-3-5-17/h6-7H,1-5,8,16H2. The molecule has 0 aromatic heterocycles. The predicted octanol–water partition coefficient (Wildman–Crippen LogP) is 3.40. The molecule has 0 amide bonds. The number of likely N-dealkylation sites (tertiary alicyclic amines) is 1. The van der Waals surface area contributed by atoms with Crippen molar-refractivity contribution in [1.82, 2.24) is 4.90 Å². The second-order valence-electron chi connectivity index (χ2n) is 4.64. The fourth-order valence-corrected chi connectivity index (χ4v) is 2.89. The maximum Gasteiger partial charge on any atom is 0.252 e. The lowest BCUT2D eigenvalue weighted by Crippen LogP contribution is -2.29. The number of benzene rings is 1. The average Bonchev–Trinajstić information content (AvgIpc) is 2.35. The molecule has 3 nitrogen and oxygen atoms in total. The molecule has 0 atom stereocenters. The SMILES string of the molecule is Nc1c(Br)cc(C(=O)Cl)cc1CN1CCCCC1. The molecule has 1 aliphatic rings. The van der Waals surface area contributed by atoms with Crippen LogP contribution in [-0.2, 0) is 6.54 Å². The van der Waals surface area contributed by atoms with Gasteiger partial charge >= 0.3 is 0 Å². The Morgan fingerprint density at radius 3 is 2.61 bits per heavy atom. The monoisotopic (exact) mass is 330 g/mol. The first-order chi connectivity index (χ1) is 8.58. The number of halogens is 2. The molecule has 1 heterocycles. The van der Waals surface area contributed by atoms with Crippen molar-refractivity contribution >= 4 is 38.5 Å². The third-order valence-corrected chi connectivity index (χ3v) is 4.16. The summed E-state index contributed by atoms with van der Waals surface area (Å²) in [4.78, 5) is 13.6. The number of nitrogens with two attached hydrogens (primary N) is 1. The molecular formula is C13H16BrClN2O. The lowest BCUT2D eigenvalue weighted by Gasteiger charge is -2.27. The van der Waals surface area contributed by atoms with Crippen molar-refractivity contribution < 1.29 is 4.79 Å². The quantitative estimate of drug-likeness (QED) is 0.682. The van der Waals surface area contributed by atoms with E-state index in [1.807, 2.05) is 0 Å². The van der Waals surface area contributed by atoms with Gasteiger partial charge in [0.2, 0.25) is 0 Å². The van der Waals surface area contributed by atoms with Gasteiger partial charge in [0.05, 0.1) is 5.69 Å². The van der Waals surface area contributed by atoms with Gasteiger partial charge in [0.1, 0.15) is 0 Å². The van der Waals surface area contributed by atoms with E-state index in [2.05, 4.69) is 20.8 Å². The van der Waals surface area contributed by atoms with Gasteiger partial charge in [-0.3, -0.25) is 9.69 Å². The Kier molecular flexibility index (Phi) is 4.65. The first-order valence-electron chi connectivity index (χ1n) is 6.08. The molecule has 2 N–H and O–H groups in total. The number of carbonyl (C=O) groups excluding carboxylic acids is 1. The van der Waals surface area contributed by atoms with Gasteiger partial charge in [-0.15, -0.1) is 0 Å². The molecule has 5 heteroatoms.